The fourth-order valence-corrected chi connectivity index (χ4v) is 2.91. The van der Waals surface area contributed by atoms with Crippen molar-refractivity contribution in [1.82, 2.24) is 0 Å². The highest BCUT2D eigenvalue weighted by Gasteiger charge is 2.24. The maximum absolute atomic E-state index is 11.7. The predicted molar refractivity (Wildman–Crippen MR) is 68.2 cm³/mol. The first-order valence-electron chi connectivity index (χ1n) is 5.84. The van der Waals surface area contributed by atoms with Crippen molar-refractivity contribution in [2.45, 2.75) is 18.9 Å². The van der Waals surface area contributed by atoms with E-state index in [2.05, 4.69) is 0 Å². The van der Waals surface area contributed by atoms with E-state index in [4.69, 9.17) is 4.74 Å². The normalized spacial score (nSPS) is 19.3. The molecule has 0 saturated carbocycles. The Morgan fingerprint density at radius 2 is 2.11 bits per heavy atom. The van der Waals surface area contributed by atoms with Crippen LogP contribution in [0.25, 0.3) is 0 Å². The molecule has 5 heteroatoms. The van der Waals surface area contributed by atoms with Crippen LogP contribution in [0.4, 0.5) is 0 Å². The highest BCUT2D eigenvalue weighted by molar-refractivity contribution is 7.91. The molecule has 1 aliphatic rings. The number of hydrogen-bond acceptors (Lipinski definition) is 4. The molecule has 0 N–H and O–H groups in total. The number of ether oxygens (including phenoxy) is 1. The zero-order valence-corrected chi connectivity index (χ0v) is 11.1. The van der Waals surface area contributed by atoms with E-state index in [1.54, 1.807) is 0 Å². The summed E-state index contributed by atoms with van der Waals surface area (Å²) in [6, 6.07) is 7.82. The Balaban J connectivity index is 2.10. The molecular formula is C13H16O4S. The molecule has 0 fully saturated rings. The van der Waals surface area contributed by atoms with Gasteiger partial charge >= 0.3 is 0 Å². The molecule has 0 saturated heterocycles. The smallest absolute Gasteiger partial charge is 0.154 e. The number of sulfone groups is 1. The van der Waals surface area contributed by atoms with E-state index in [9.17, 15) is 13.2 Å². The minimum Gasteiger partial charge on any atom is -0.373 e. The molecule has 0 radical (unpaired) electrons. The molecule has 0 aromatic heterocycles. The van der Waals surface area contributed by atoms with E-state index in [1.165, 1.54) is 5.56 Å². The van der Waals surface area contributed by atoms with Crippen LogP contribution in [-0.4, -0.2) is 32.8 Å². The van der Waals surface area contributed by atoms with Crippen LogP contribution in [0.2, 0.25) is 0 Å². The molecule has 1 aromatic carbocycles. The zero-order chi connectivity index (χ0) is 13.2. The topological polar surface area (TPSA) is 60.4 Å². The van der Waals surface area contributed by atoms with E-state index in [0.717, 1.165) is 18.2 Å². The average molecular weight is 268 g/mol. The molecule has 0 amide bonds. The van der Waals surface area contributed by atoms with Gasteiger partial charge in [0.05, 0.1) is 12.7 Å². The van der Waals surface area contributed by atoms with Crippen LogP contribution in [0.15, 0.2) is 24.3 Å². The summed E-state index contributed by atoms with van der Waals surface area (Å²) in [5, 5.41) is 0. The summed E-state index contributed by atoms with van der Waals surface area (Å²) in [7, 11) is -3.26. The van der Waals surface area contributed by atoms with Gasteiger partial charge in [-0.05, 0) is 17.5 Å². The van der Waals surface area contributed by atoms with E-state index in [1.807, 2.05) is 24.3 Å². The molecule has 1 unspecified atom stereocenters. The monoisotopic (exact) mass is 268 g/mol. The minimum atomic E-state index is -3.26. The van der Waals surface area contributed by atoms with Crippen LogP contribution < -0.4 is 0 Å². The molecular weight excluding hydrogens is 252 g/mol. The van der Waals surface area contributed by atoms with Gasteiger partial charge in [0.2, 0.25) is 0 Å². The lowest BCUT2D eigenvalue weighted by Gasteiger charge is -2.25. The first-order valence-corrected chi connectivity index (χ1v) is 7.90. The molecule has 98 valence electrons. The number of hydrogen-bond donors (Lipinski definition) is 0. The van der Waals surface area contributed by atoms with Gasteiger partial charge in [0.15, 0.2) is 15.6 Å². The lowest BCUT2D eigenvalue weighted by Crippen LogP contribution is -2.22. The van der Waals surface area contributed by atoms with Gasteiger partial charge in [0.1, 0.15) is 5.75 Å². The Morgan fingerprint density at radius 1 is 1.39 bits per heavy atom. The summed E-state index contributed by atoms with van der Waals surface area (Å²) in [5.74, 6) is -0.700. The standard InChI is InChI=1S/C13H16O4S/c1-18(15,16)9-11(14)8-13-12-5-3-2-4-10(12)6-7-17-13/h2-5,13H,6-9H2,1H3. The van der Waals surface area contributed by atoms with Crippen LogP contribution in [0.5, 0.6) is 0 Å². The number of fused-ring (bicyclic) bond motifs is 1. The first-order chi connectivity index (χ1) is 8.46. The second kappa shape index (κ2) is 5.20. The van der Waals surface area contributed by atoms with Crippen molar-refractivity contribution in [3.05, 3.63) is 35.4 Å². The van der Waals surface area contributed by atoms with Crippen molar-refractivity contribution >= 4 is 15.6 Å². The predicted octanol–water partition coefficient (Wildman–Crippen LogP) is 1.30. The highest BCUT2D eigenvalue weighted by Crippen LogP contribution is 2.29. The number of rotatable bonds is 4. The summed E-state index contributed by atoms with van der Waals surface area (Å²) in [5.41, 5.74) is 2.19. The molecule has 0 bridgehead atoms. The molecule has 1 heterocycles. The highest BCUT2D eigenvalue weighted by atomic mass is 32.2. The largest absolute Gasteiger partial charge is 0.373 e. The number of ketones is 1. The quantitative estimate of drug-likeness (QED) is 0.826. The molecule has 0 spiro atoms. The molecule has 2 rings (SSSR count). The van der Waals surface area contributed by atoms with Gasteiger partial charge in [-0.1, -0.05) is 24.3 Å². The summed E-state index contributed by atoms with van der Waals surface area (Å²) >= 11 is 0. The van der Waals surface area contributed by atoms with Crippen LogP contribution in [0, 0.1) is 0 Å². The van der Waals surface area contributed by atoms with Crippen molar-refractivity contribution in [3.8, 4) is 0 Å². The van der Waals surface area contributed by atoms with E-state index < -0.39 is 15.6 Å². The summed E-state index contributed by atoms with van der Waals surface area (Å²) in [6.45, 7) is 0.577. The lowest BCUT2D eigenvalue weighted by molar-refractivity contribution is -0.119. The second-order valence-electron chi connectivity index (χ2n) is 4.62. The fourth-order valence-electron chi connectivity index (χ4n) is 2.20. The molecule has 0 aliphatic carbocycles. The third-order valence-corrected chi connectivity index (χ3v) is 3.78. The Hall–Kier alpha value is -1.20. The van der Waals surface area contributed by atoms with Gasteiger partial charge in [-0.15, -0.1) is 0 Å². The van der Waals surface area contributed by atoms with Gasteiger partial charge in [-0.2, -0.15) is 0 Å². The molecule has 1 aromatic rings. The molecule has 18 heavy (non-hydrogen) atoms. The van der Waals surface area contributed by atoms with Gasteiger partial charge < -0.3 is 4.74 Å². The van der Waals surface area contributed by atoms with E-state index in [-0.39, 0.29) is 18.3 Å². The zero-order valence-electron chi connectivity index (χ0n) is 10.3. The van der Waals surface area contributed by atoms with E-state index >= 15 is 0 Å². The molecule has 1 aliphatic heterocycles. The molecule has 1 atom stereocenters. The van der Waals surface area contributed by atoms with Gasteiger partial charge in [-0.3, -0.25) is 4.79 Å². The maximum atomic E-state index is 11.7. The minimum absolute atomic E-state index is 0.129. The van der Waals surface area contributed by atoms with Crippen molar-refractivity contribution in [3.63, 3.8) is 0 Å². The lowest BCUT2D eigenvalue weighted by atomic mass is 9.95. The van der Waals surface area contributed by atoms with Crippen LogP contribution in [0.1, 0.15) is 23.7 Å². The van der Waals surface area contributed by atoms with Crippen LogP contribution in [0.3, 0.4) is 0 Å². The summed E-state index contributed by atoms with van der Waals surface area (Å²) in [6.07, 6.45) is 1.74. The third kappa shape index (κ3) is 3.40. The van der Waals surface area contributed by atoms with Gasteiger partial charge in [-0.25, -0.2) is 8.42 Å². The maximum Gasteiger partial charge on any atom is 0.154 e. The third-order valence-electron chi connectivity index (χ3n) is 2.93. The molecule has 4 nitrogen and oxygen atoms in total. The fraction of sp³-hybridized carbons (Fsp3) is 0.462. The Morgan fingerprint density at radius 3 is 2.83 bits per heavy atom. The Bertz CT molecular complexity index is 548. The SMILES string of the molecule is CS(=O)(=O)CC(=O)CC1OCCc2ccccc21. The summed E-state index contributed by atoms with van der Waals surface area (Å²) in [4.78, 5) is 11.7. The van der Waals surface area contributed by atoms with Gasteiger partial charge in [0.25, 0.3) is 0 Å². The Labute approximate surface area is 107 Å². The van der Waals surface area contributed by atoms with Gasteiger partial charge in [0, 0.05) is 12.7 Å². The second-order valence-corrected chi connectivity index (χ2v) is 6.76. The number of carbonyl (C=O) groups is 1. The van der Waals surface area contributed by atoms with Crippen molar-refractivity contribution in [1.29, 1.82) is 0 Å². The van der Waals surface area contributed by atoms with E-state index in [0.29, 0.717) is 6.61 Å². The van der Waals surface area contributed by atoms with Crippen molar-refractivity contribution in [2.75, 3.05) is 18.6 Å². The van der Waals surface area contributed by atoms with Crippen LogP contribution in [-0.2, 0) is 25.8 Å². The number of carbonyl (C=O) groups excluding carboxylic acids is 1. The van der Waals surface area contributed by atoms with Crippen LogP contribution >= 0.6 is 0 Å². The number of benzene rings is 1. The first kappa shape index (κ1) is 13.2. The van der Waals surface area contributed by atoms with Crippen molar-refractivity contribution in [2.24, 2.45) is 0 Å². The Kier molecular flexibility index (Phi) is 3.82. The number of Topliss-reactive ketones (excluding diaryl/α,β-unsaturated/α-hetero) is 1. The van der Waals surface area contributed by atoms with Crippen molar-refractivity contribution < 1.29 is 17.9 Å². The average Bonchev–Trinajstić information content (AvgIpc) is 2.27. The summed E-state index contributed by atoms with van der Waals surface area (Å²) < 4.78 is 27.7.